The van der Waals surface area contributed by atoms with Gasteiger partial charge in [-0.1, -0.05) is 22.4 Å². The molecule has 1 aliphatic carbocycles. The number of benzene rings is 1. The van der Waals surface area contributed by atoms with Crippen LogP contribution < -0.4 is 10.1 Å². The van der Waals surface area contributed by atoms with Gasteiger partial charge in [0.1, 0.15) is 18.5 Å². The number of thioether (sulfide) groups is 1. The predicted octanol–water partition coefficient (Wildman–Crippen LogP) is 3.45. The minimum Gasteiger partial charge on any atom is -0.491 e. The average Bonchev–Trinajstić information content (AvgIpc) is 2.52. The first-order valence-corrected chi connectivity index (χ1v) is 9.58. The highest BCUT2D eigenvalue weighted by atomic mass is 79.9. The summed E-state index contributed by atoms with van der Waals surface area (Å²) >= 11 is 5.35. The molecule has 0 amide bonds. The zero-order valence-corrected chi connectivity index (χ0v) is 14.8. The smallest absolute Gasteiger partial charge is 0.119 e. The van der Waals surface area contributed by atoms with Gasteiger partial charge in [-0.05, 0) is 49.8 Å². The first kappa shape index (κ1) is 17.1. The molecule has 1 fully saturated rings. The van der Waals surface area contributed by atoms with Crippen LogP contribution in [-0.2, 0) is 0 Å². The van der Waals surface area contributed by atoms with Crippen LogP contribution in [0.3, 0.4) is 0 Å². The Morgan fingerprint density at radius 3 is 2.86 bits per heavy atom. The molecule has 0 aliphatic heterocycles. The van der Waals surface area contributed by atoms with Crippen molar-refractivity contribution in [2.45, 2.75) is 43.1 Å². The second-order valence-corrected chi connectivity index (χ2v) is 7.60. The molecule has 3 unspecified atom stereocenters. The van der Waals surface area contributed by atoms with E-state index in [2.05, 4.69) is 27.5 Å². The van der Waals surface area contributed by atoms with E-state index < -0.39 is 6.10 Å². The van der Waals surface area contributed by atoms with Crippen LogP contribution in [-0.4, -0.2) is 41.9 Å². The van der Waals surface area contributed by atoms with Crippen molar-refractivity contribution in [2.24, 2.45) is 0 Å². The minimum atomic E-state index is -0.469. The molecule has 2 N–H and O–H groups in total. The van der Waals surface area contributed by atoms with Crippen molar-refractivity contribution in [1.82, 2.24) is 5.32 Å². The SMILES string of the molecule is CSC1CCCC(NCC(O)COc2ccc(Br)cc2)C1. The molecule has 21 heavy (non-hydrogen) atoms. The first-order valence-electron chi connectivity index (χ1n) is 7.50. The number of halogens is 1. The van der Waals surface area contributed by atoms with E-state index in [0.29, 0.717) is 19.2 Å². The predicted molar refractivity (Wildman–Crippen MR) is 93.2 cm³/mol. The maximum Gasteiger partial charge on any atom is 0.119 e. The average molecular weight is 374 g/mol. The van der Waals surface area contributed by atoms with Crippen molar-refractivity contribution in [2.75, 3.05) is 19.4 Å². The van der Waals surface area contributed by atoms with E-state index in [1.807, 2.05) is 36.0 Å². The van der Waals surface area contributed by atoms with Gasteiger partial charge in [0.2, 0.25) is 0 Å². The Morgan fingerprint density at radius 1 is 1.38 bits per heavy atom. The number of ether oxygens (including phenoxy) is 1. The van der Waals surface area contributed by atoms with Crippen LogP contribution in [0.15, 0.2) is 28.7 Å². The zero-order valence-electron chi connectivity index (χ0n) is 12.4. The van der Waals surface area contributed by atoms with Crippen molar-refractivity contribution in [3.8, 4) is 5.75 Å². The molecule has 1 saturated carbocycles. The summed E-state index contributed by atoms with van der Waals surface area (Å²) in [5.74, 6) is 0.789. The molecular formula is C16H24BrNO2S. The monoisotopic (exact) mass is 373 g/mol. The quantitative estimate of drug-likeness (QED) is 0.767. The highest BCUT2D eigenvalue weighted by Gasteiger charge is 2.21. The summed E-state index contributed by atoms with van der Waals surface area (Å²) in [6.07, 6.45) is 6.76. The maximum absolute atomic E-state index is 10.0. The Balaban J connectivity index is 1.65. The first-order chi connectivity index (χ1) is 10.2. The molecule has 1 aromatic rings. The van der Waals surface area contributed by atoms with Crippen LogP contribution in [0.5, 0.6) is 5.75 Å². The lowest BCUT2D eigenvalue weighted by atomic mass is 9.95. The molecule has 2 rings (SSSR count). The highest BCUT2D eigenvalue weighted by Crippen LogP contribution is 2.26. The highest BCUT2D eigenvalue weighted by molar-refractivity contribution is 9.10. The fourth-order valence-corrected chi connectivity index (χ4v) is 3.72. The topological polar surface area (TPSA) is 41.5 Å². The van der Waals surface area contributed by atoms with Crippen molar-refractivity contribution in [3.63, 3.8) is 0 Å². The fourth-order valence-electron chi connectivity index (χ4n) is 2.63. The lowest BCUT2D eigenvalue weighted by Gasteiger charge is -2.29. The molecule has 0 saturated heterocycles. The van der Waals surface area contributed by atoms with Gasteiger partial charge >= 0.3 is 0 Å². The van der Waals surface area contributed by atoms with Crippen LogP contribution in [0.2, 0.25) is 0 Å². The second-order valence-electron chi connectivity index (χ2n) is 5.55. The van der Waals surface area contributed by atoms with Gasteiger partial charge < -0.3 is 15.2 Å². The summed E-state index contributed by atoms with van der Waals surface area (Å²) in [6.45, 7) is 0.926. The third kappa shape index (κ3) is 6.19. The van der Waals surface area contributed by atoms with Gasteiger partial charge in [-0.25, -0.2) is 0 Å². The van der Waals surface area contributed by atoms with Crippen molar-refractivity contribution < 1.29 is 9.84 Å². The molecule has 0 radical (unpaired) electrons. The van der Waals surface area contributed by atoms with E-state index in [1.165, 1.54) is 25.7 Å². The Labute approximate surface area is 140 Å². The van der Waals surface area contributed by atoms with Crippen LogP contribution in [0.4, 0.5) is 0 Å². The van der Waals surface area contributed by atoms with Gasteiger partial charge in [0.25, 0.3) is 0 Å². The van der Waals surface area contributed by atoms with E-state index >= 15 is 0 Å². The standard InChI is InChI=1S/C16H24BrNO2S/c1-21-16-4-2-3-13(9-16)18-10-14(19)11-20-15-7-5-12(17)6-8-15/h5-8,13-14,16,18-19H,2-4,9-11H2,1H3. The third-order valence-electron chi connectivity index (χ3n) is 3.86. The van der Waals surface area contributed by atoms with Crippen LogP contribution in [0.1, 0.15) is 25.7 Å². The second kappa shape index (κ2) is 9.03. The number of hydrogen-bond acceptors (Lipinski definition) is 4. The summed E-state index contributed by atoms with van der Waals surface area (Å²) in [5, 5.41) is 14.3. The van der Waals surface area contributed by atoms with Crippen molar-refractivity contribution in [1.29, 1.82) is 0 Å². The molecule has 1 aromatic carbocycles. The van der Waals surface area contributed by atoms with Gasteiger partial charge in [-0.15, -0.1) is 0 Å². The molecule has 3 atom stereocenters. The van der Waals surface area contributed by atoms with Gasteiger partial charge in [0.05, 0.1) is 0 Å². The number of rotatable bonds is 7. The minimum absolute atomic E-state index is 0.327. The molecule has 0 aromatic heterocycles. The summed E-state index contributed by atoms with van der Waals surface area (Å²) in [6, 6.07) is 8.20. The number of aliphatic hydroxyl groups excluding tert-OH is 1. The Bertz CT molecular complexity index is 415. The normalized spacial score (nSPS) is 23.8. The largest absolute Gasteiger partial charge is 0.491 e. The Kier molecular flexibility index (Phi) is 7.37. The summed E-state index contributed by atoms with van der Waals surface area (Å²) in [4.78, 5) is 0. The summed E-state index contributed by atoms with van der Waals surface area (Å²) in [7, 11) is 0. The van der Waals surface area contributed by atoms with Gasteiger partial charge in [0.15, 0.2) is 0 Å². The van der Waals surface area contributed by atoms with Gasteiger partial charge in [-0.2, -0.15) is 11.8 Å². The Morgan fingerprint density at radius 2 is 2.14 bits per heavy atom. The fraction of sp³-hybridized carbons (Fsp3) is 0.625. The number of aliphatic hydroxyl groups is 1. The third-order valence-corrected chi connectivity index (χ3v) is 5.48. The summed E-state index contributed by atoms with van der Waals surface area (Å²) < 4.78 is 6.62. The molecule has 3 nitrogen and oxygen atoms in total. The van der Waals surface area contributed by atoms with Gasteiger partial charge in [0, 0.05) is 22.3 Å². The van der Waals surface area contributed by atoms with Crippen LogP contribution >= 0.6 is 27.7 Å². The molecular weight excluding hydrogens is 350 g/mol. The molecule has 0 bridgehead atoms. The van der Waals surface area contributed by atoms with Crippen LogP contribution in [0, 0.1) is 0 Å². The van der Waals surface area contributed by atoms with E-state index in [4.69, 9.17) is 4.74 Å². The lowest BCUT2D eigenvalue weighted by Crippen LogP contribution is -2.41. The molecule has 1 aliphatic rings. The van der Waals surface area contributed by atoms with Gasteiger partial charge in [-0.3, -0.25) is 0 Å². The van der Waals surface area contributed by atoms with E-state index in [0.717, 1.165) is 15.5 Å². The van der Waals surface area contributed by atoms with E-state index in [1.54, 1.807) is 0 Å². The summed E-state index contributed by atoms with van der Waals surface area (Å²) in [5.41, 5.74) is 0. The lowest BCUT2D eigenvalue weighted by molar-refractivity contribution is 0.102. The van der Waals surface area contributed by atoms with Crippen LogP contribution in [0.25, 0.3) is 0 Å². The maximum atomic E-state index is 10.0. The van der Waals surface area contributed by atoms with E-state index in [9.17, 15) is 5.11 Å². The Hall–Kier alpha value is -0.230. The van der Waals surface area contributed by atoms with E-state index in [-0.39, 0.29) is 0 Å². The molecule has 0 heterocycles. The zero-order chi connectivity index (χ0) is 15.1. The number of nitrogens with one attached hydrogen (secondary N) is 1. The molecule has 5 heteroatoms. The van der Waals surface area contributed by atoms with Crippen molar-refractivity contribution in [3.05, 3.63) is 28.7 Å². The van der Waals surface area contributed by atoms with Crippen molar-refractivity contribution >= 4 is 27.7 Å². The molecule has 118 valence electrons. The molecule has 0 spiro atoms. The number of hydrogen-bond donors (Lipinski definition) is 2.